The Morgan fingerprint density at radius 1 is 0.472 bits per heavy atom. The van der Waals surface area contributed by atoms with Crippen LogP contribution in [0.1, 0.15) is 109 Å². The van der Waals surface area contributed by atoms with Crippen LogP contribution in [0.25, 0.3) is 0 Å². The molecular formula is C35H64ClN9O8. The van der Waals surface area contributed by atoms with Crippen LogP contribution in [-0.2, 0) is 18.9 Å². The maximum absolute atomic E-state index is 12.2. The van der Waals surface area contributed by atoms with Gasteiger partial charge in [0.2, 0.25) is 17.2 Å². The van der Waals surface area contributed by atoms with Gasteiger partial charge in [0.15, 0.2) is 0 Å². The zero-order valence-corrected chi connectivity index (χ0v) is 34.6. The number of nitrogens with zero attached hydrogens (tertiary/aromatic N) is 5. The molecule has 4 N–H and O–H groups in total. The first-order valence-electron chi connectivity index (χ1n) is 18.1. The van der Waals surface area contributed by atoms with E-state index in [2.05, 4.69) is 31.2 Å². The Labute approximate surface area is 320 Å². The maximum atomic E-state index is 12.2. The van der Waals surface area contributed by atoms with Gasteiger partial charge in [-0.25, -0.2) is 19.2 Å². The number of aromatic nitrogens is 3. The summed E-state index contributed by atoms with van der Waals surface area (Å²) in [5.74, 6) is 0.608. The van der Waals surface area contributed by atoms with Gasteiger partial charge in [0.1, 0.15) is 22.4 Å². The zero-order chi connectivity index (χ0) is 40.5. The summed E-state index contributed by atoms with van der Waals surface area (Å²) in [4.78, 5) is 66.3. The summed E-state index contributed by atoms with van der Waals surface area (Å²) in [7, 11) is 0. The number of anilines is 2. The van der Waals surface area contributed by atoms with Crippen molar-refractivity contribution in [2.75, 3.05) is 62.2 Å². The number of nitrogens with one attached hydrogen (secondary N) is 4. The van der Waals surface area contributed by atoms with E-state index in [0.717, 1.165) is 0 Å². The molecule has 0 spiro atoms. The number of carbonyl (C=O) groups excluding carboxylic acids is 4. The zero-order valence-electron chi connectivity index (χ0n) is 33.9. The second kappa shape index (κ2) is 21.6. The molecule has 1 aromatic heterocycles. The summed E-state index contributed by atoms with van der Waals surface area (Å²) in [6, 6.07) is 0. The molecule has 0 radical (unpaired) electrons. The summed E-state index contributed by atoms with van der Waals surface area (Å²) in [5.41, 5.74) is -2.50. The van der Waals surface area contributed by atoms with Gasteiger partial charge < -0.3 is 50.0 Å². The van der Waals surface area contributed by atoms with E-state index < -0.39 is 46.8 Å². The highest BCUT2D eigenvalue weighted by atomic mass is 35.5. The number of hydrogen-bond acceptors (Lipinski definition) is 13. The number of hydrogen-bond donors (Lipinski definition) is 4. The third kappa shape index (κ3) is 24.8. The van der Waals surface area contributed by atoms with Crippen molar-refractivity contribution in [2.45, 2.75) is 131 Å². The Hall–Kier alpha value is -4.02. The molecule has 0 aliphatic carbocycles. The third-order valence-electron chi connectivity index (χ3n) is 6.24. The Morgan fingerprint density at radius 2 is 0.698 bits per heavy atom. The van der Waals surface area contributed by atoms with Crippen LogP contribution < -0.4 is 31.1 Å². The van der Waals surface area contributed by atoms with Crippen molar-refractivity contribution >= 4 is 47.9 Å². The predicted octanol–water partition coefficient (Wildman–Crippen LogP) is 5.80. The van der Waals surface area contributed by atoms with Crippen molar-refractivity contribution in [3.8, 4) is 0 Å². The van der Waals surface area contributed by atoms with Crippen LogP contribution in [0.4, 0.5) is 31.1 Å². The monoisotopic (exact) mass is 773 g/mol. The smallest absolute Gasteiger partial charge is 0.407 e. The van der Waals surface area contributed by atoms with E-state index in [1.807, 2.05) is 9.80 Å². The Kier molecular flexibility index (Phi) is 19.2. The Balaban J connectivity index is 3.17. The van der Waals surface area contributed by atoms with Crippen molar-refractivity contribution in [2.24, 2.45) is 0 Å². The standard InChI is InChI=1S/C35H64ClN9O8/c1-32(2,3)50-28(46)37-17-13-21-44(22-14-18-38-29(47)51-33(4,5)6)26-41-25(36)42-27(43-26)45(23-15-19-39-30(48)52-34(7,8)9)24-16-20-40-31(49)53-35(10,11)12/h13-24H2,1-12H3,(H,37,46)(H,38,47)(H,39,48)(H,40,49). The molecule has 0 aliphatic rings. The lowest BCUT2D eigenvalue weighted by Gasteiger charge is -2.27. The fourth-order valence-electron chi connectivity index (χ4n) is 4.33. The minimum absolute atomic E-state index is 0.0301. The number of ether oxygens (including phenoxy) is 4. The van der Waals surface area contributed by atoms with Crippen molar-refractivity contribution in [1.82, 2.24) is 36.2 Å². The molecule has 53 heavy (non-hydrogen) atoms. The molecule has 0 bridgehead atoms. The van der Waals surface area contributed by atoms with Gasteiger partial charge in [0.05, 0.1) is 0 Å². The molecule has 0 fully saturated rings. The molecule has 0 aliphatic heterocycles. The molecule has 4 amide bonds. The number of carbonyl (C=O) groups is 4. The van der Waals surface area contributed by atoms with Crippen LogP contribution in [0.5, 0.6) is 0 Å². The summed E-state index contributed by atoms with van der Waals surface area (Å²) in [5, 5.41) is 11.0. The van der Waals surface area contributed by atoms with Gasteiger partial charge in [0, 0.05) is 52.4 Å². The Bertz CT molecular complexity index is 1140. The average Bonchev–Trinajstić information content (AvgIpc) is 2.95. The van der Waals surface area contributed by atoms with Crippen molar-refractivity contribution < 1.29 is 38.1 Å². The van der Waals surface area contributed by atoms with E-state index in [-0.39, 0.29) is 5.28 Å². The molecule has 0 aromatic carbocycles. The van der Waals surface area contributed by atoms with Crippen LogP contribution >= 0.6 is 11.6 Å². The highest BCUT2D eigenvalue weighted by molar-refractivity contribution is 6.28. The molecule has 1 heterocycles. The maximum Gasteiger partial charge on any atom is 0.407 e. The fourth-order valence-corrected chi connectivity index (χ4v) is 4.49. The minimum atomic E-state index is -0.626. The fraction of sp³-hybridized carbons (Fsp3) is 0.800. The van der Waals surface area contributed by atoms with Crippen LogP contribution in [0, 0.1) is 0 Å². The molecule has 0 unspecified atom stereocenters. The van der Waals surface area contributed by atoms with E-state index in [1.54, 1.807) is 83.1 Å². The van der Waals surface area contributed by atoms with E-state index in [0.29, 0.717) is 89.9 Å². The van der Waals surface area contributed by atoms with Gasteiger partial charge in [0.25, 0.3) is 0 Å². The normalized spacial score (nSPS) is 11.9. The highest BCUT2D eigenvalue weighted by Crippen LogP contribution is 2.19. The number of amides is 4. The minimum Gasteiger partial charge on any atom is -0.444 e. The van der Waals surface area contributed by atoms with Gasteiger partial charge in [-0.05, 0) is 120 Å². The van der Waals surface area contributed by atoms with Crippen LogP contribution in [0.3, 0.4) is 0 Å². The van der Waals surface area contributed by atoms with Crippen molar-refractivity contribution in [3.05, 3.63) is 5.28 Å². The summed E-state index contributed by atoms with van der Waals surface area (Å²) >= 11 is 6.49. The van der Waals surface area contributed by atoms with Gasteiger partial charge in [-0.2, -0.15) is 15.0 Å². The lowest BCUT2D eigenvalue weighted by molar-refractivity contribution is 0.0515. The first kappa shape index (κ1) is 47.0. The molecular weight excluding hydrogens is 710 g/mol. The van der Waals surface area contributed by atoms with Gasteiger partial charge in [-0.1, -0.05) is 0 Å². The van der Waals surface area contributed by atoms with Crippen molar-refractivity contribution in [3.63, 3.8) is 0 Å². The third-order valence-corrected chi connectivity index (χ3v) is 6.41. The largest absolute Gasteiger partial charge is 0.444 e. The summed E-state index contributed by atoms with van der Waals surface area (Å²) in [6.45, 7) is 24.5. The van der Waals surface area contributed by atoms with Crippen LogP contribution in [0.2, 0.25) is 5.28 Å². The molecule has 1 aromatic rings. The topological polar surface area (TPSA) is 198 Å². The first-order valence-corrected chi connectivity index (χ1v) is 18.5. The molecule has 0 saturated carbocycles. The second-order valence-electron chi connectivity index (χ2n) is 16.3. The molecule has 17 nitrogen and oxygen atoms in total. The van der Waals surface area contributed by atoms with E-state index in [1.165, 1.54) is 0 Å². The van der Waals surface area contributed by atoms with Crippen LogP contribution in [0.15, 0.2) is 0 Å². The lowest BCUT2D eigenvalue weighted by Crippen LogP contribution is -2.38. The number of rotatable bonds is 18. The summed E-state index contributed by atoms with van der Waals surface area (Å²) in [6.07, 6.45) is 0.00878. The average molecular weight is 774 g/mol. The van der Waals surface area contributed by atoms with Gasteiger partial charge in [-0.15, -0.1) is 0 Å². The summed E-state index contributed by atoms with van der Waals surface area (Å²) < 4.78 is 21.4. The van der Waals surface area contributed by atoms with E-state index in [4.69, 9.17) is 35.5 Å². The van der Waals surface area contributed by atoms with Gasteiger partial charge >= 0.3 is 24.4 Å². The molecule has 18 heteroatoms. The lowest BCUT2D eigenvalue weighted by atomic mass is 10.2. The molecule has 1 rings (SSSR count). The predicted molar refractivity (Wildman–Crippen MR) is 205 cm³/mol. The van der Waals surface area contributed by atoms with Gasteiger partial charge in [-0.3, -0.25) is 0 Å². The number of halogens is 1. The van der Waals surface area contributed by atoms with Crippen molar-refractivity contribution in [1.29, 1.82) is 0 Å². The molecule has 0 saturated heterocycles. The second-order valence-corrected chi connectivity index (χ2v) is 16.6. The molecule has 304 valence electrons. The SMILES string of the molecule is CC(C)(C)OC(=O)NCCCN(CCCNC(=O)OC(C)(C)C)c1nc(Cl)nc(N(CCCNC(=O)OC(C)(C)C)CCCNC(=O)OC(C)(C)C)n1. The Morgan fingerprint density at radius 3 is 0.906 bits per heavy atom. The molecule has 0 atom stereocenters. The van der Waals surface area contributed by atoms with Crippen LogP contribution in [-0.4, -0.2) is 114 Å². The number of alkyl carbamates (subject to hydrolysis) is 4. The first-order chi connectivity index (χ1) is 24.3. The quantitative estimate of drug-likeness (QED) is 0.103. The van der Waals surface area contributed by atoms with E-state index in [9.17, 15) is 19.2 Å². The highest BCUT2D eigenvalue weighted by Gasteiger charge is 2.21. The van der Waals surface area contributed by atoms with E-state index >= 15 is 0 Å².